The van der Waals surface area contributed by atoms with Crippen LogP contribution in [0.3, 0.4) is 0 Å². The van der Waals surface area contributed by atoms with E-state index in [0.29, 0.717) is 16.9 Å². The van der Waals surface area contributed by atoms with Gasteiger partial charge in [-0.3, -0.25) is 4.79 Å². The predicted molar refractivity (Wildman–Crippen MR) is 61.6 cm³/mol. The number of carbonyl (C=O) groups is 2. The number of hydrogen-bond acceptors (Lipinski definition) is 3. The number of benzene rings is 1. The molecule has 1 aromatic carbocycles. The first-order chi connectivity index (χ1) is 7.61. The zero-order chi connectivity index (χ0) is 12.1. The van der Waals surface area contributed by atoms with Crippen LogP contribution in [0.25, 0.3) is 0 Å². The van der Waals surface area contributed by atoms with E-state index in [1.165, 1.54) is 0 Å². The molecule has 1 unspecified atom stereocenters. The molecule has 86 valence electrons. The molecule has 3 nitrogen and oxygen atoms in total. The molecule has 1 rings (SSSR count). The molecule has 0 fully saturated rings. The minimum Gasteiger partial charge on any atom is -0.465 e. The fraction of sp³-hybridized carbons (Fsp3) is 0.333. The Labute approximate surface area is 99.4 Å². The smallest absolute Gasteiger partial charge is 0.320 e. The van der Waals surface area contributed by atoms with Crippen molar-refractivity contribution in [3.05, 3.63) is 34.3 Å². The van der Waals surface area contributed by atoms with Crippen molar-refractivity contribution in [1.82, 2.24) is 0 Å². The topological polar surface area (TPSA) is 43.4 Å². The summed E-state index contributed by atoms with van der Waals surface area (Å²) in [5.41, 5.74) is 1.32. The highest BCUT2D eigenvalue weighted by molar-refractivity contribution is 6.32. The summed E-state index contributed by atoms with van der Waals surface area (Å²) in [6, 6.07) is 5.23. The molecule has 0 bridgehead atoms. The van der Waals surface area contributed by atoms with Crippen molar-refractivity contribution in [3.8, 4) is 0 Å². The predicted octanol–water partition coefficient (Wildman–Crippen LogP) is 2.49. The second-order valence-corrected chi connectivity index (χ2v) is 3.72. The van der Waals surface area contributed by atoms with Crippen LogP contribution in [-0.2, 0) is 14.3 Å². The fourth-order valence-corrected chi connectivity index (χ4v) is 1.64. The molecule has 0 amide bonds. The Morgan fingerprint density at radius 1 is 1.56 bits per heavy atom. The Hall–Kier alpha value is -1.35. The Morgan fingerprint density at radius 3 is 2.81 bits per heavy atom. The van der Waals surface area contributed by atoms with E-state index in [9.17, 15) is 9.59 Å². The van der Waals surface area contributed by atoms with Gasteiger partial charge in [0.2, 0.25) is 0 Å². The number of esters is 1. The van der Waals surface area contributed by atoms with Gasteiger partial charge in [-0.05, 0) is 25.0 Å². The van der Waals surface area contributed by atoms with E-state index in [-0.39, 0.29) is 6.61 Å². The largest absolute Gasteiger partial charge is 0.465 e. The molecule has 0 heterocycles. The minimum atomic E-state index is -0.938. The molecule has 16 heavy (non-hydrogen) atoms. The first-order valence-electron chi connectivity index (χ1n) is 4.98. The lowest BCUT2D eigenvalue weighted by Gasteiger charge is -2.12. The zero-order valence-corrected chi connectivity index (χ0v) is 9.95. The Balaban J connectivity index is 3.09. The number of carbonyl (C=O) groups excluding carboxylic acids is 2. The maximum absolute atomic E-state index is 11.5. The molecule has 1 atom stereocenters. The monoisotopic (exact) mass is 240 g/mol. The number of aryl methyl sites for hydroxylation is 1. The van der Waals surface area contributed by atoms with Crippen LogP contribution in [0.15, 0.2) is 18.2 Å². The van der Waals surface area contributed by atoms with Gasteiger partial charge < -0.3 is 9.53 Å². The Morgan fingerprint density at radius 2 is 2.25 bits per heavy atom. The molecule has 0 saturated carbocycles. The maximum atomic E-state index is 11.5. The molecule has 0 saturated heterocycles. The van der Waals surface area contributed by atoms with Gasteiger partial charge in [0.15, 0.2) is 0 Å². The lowest BCUT2D eigenvalue weighted by molar-refractivity contribution is -0.146. The first kappa shape index (κ1) is 12.7. The molecular formula is C12H13ClO3. The van der Waals surface area contributed by atoms with Crippen molar-refractivity contribution in [3.63, 3.8) is 0 Å². The van der Waals surface area contributed by atoms with Crippen LogP contribution in [-0.4, -0.2) is 18.9 Å². The van der Waals surface area contributed by atoms with Gasteiger partial charge in [0.05, 0.1) is 6.61 Å². The molecule has 0 aromatic heterocycles. The molecule has 0 N–H and O–H groups in total. The SMILES string of the molecule is CCOC(=O)C(C=O)c1cccc(C)c1Cl. The lowest BCUT2D eigenvalue weighted by atomic mass is 9.99. The fourth-order valence-electron chi connectivity index (χ4n) is 1.40. The van der Waals surface area contributed by atoms with Crippen molar-refractivity contribution in [2.75, 3.05) is 6.61 Å². The van der Waals surface area contributed by atoms with Crippen LogP contribution in [0.2, 0.25) is 5.02 Å². The van der Waals surface area contributed by atoms with Gasteiger partial charge in [0, 0.05) is 5.02 Å². The van der Waals surface area contributed by atoms with Crippen molar-refractivity contribution in [1.29, 1.82) is 0 Å². The molecule has 0 radical (unpaired) electrons. The third-order valence-corrected chi connectivity index (χ3v) is 2.75. The van der Waals surface area contributed by atoms with Crippen molar-refractivity contribution >= 4 is 23.9 Å². The summed E-state index contributed by atoms with van der Waals surface area (Å²) in [5, 5.41) is 0.438. The minimum absolute atomic E-state index is 0.243. The third kappa shape index (κ3) is 2.61. The molecule has 0 aliphatic rings. The summed E-state index contributed by atoms with van der Waals surface area (Å²) in [7, 11) is 0. The van der Waals surface area contributed by atoms with Crippen LogP contribution < -0.4 is 0 Å². The Kier molecular flexibility index (Phi) is 4.50. The lowest BCUT2D eigenvalue weighted by Crippen LogP contribution is -2.17. The standard InChI is InChI=1S/C12H13ClO3/c1-3-16-12(15)10(7-14)9-6-4-5-8(2)11(9)13/h4-7,10H,3H2,1-2H3. The second-order valence-electron chi connectivity index (χ2n) is 3.34. The van der Waals surface area contributed by atoms with Crippen LogP contribution in [0, 0.1) is 6.92 Å². The van der Waals surface area contributed by atoms with E-state index in [4.69, 9.17) is 16.3 Å². The molecule has 4 heteroatoms. The highest BCUT2D eigenvalue weighted by atomic mass is 35.5. The summed E-state index contributed by atoms with van der Waals surface area (Å²) >= 11 is 6.04. The summed E-state index contributed by atoms with van der Waals surface area (Å²) in [4.78, 5) is 22.5. The van der Waals surface area contributed by atoms with E-state index in [1.807, 2.05) is 13.0 Å². The van der Waals surface area contributed by atoms with Gasteiger partial charge >= 0.3 is 5.97 Å². The number of ether oxygens (including phenoxy) is 1. The van der Waals surface area contributed by atoms with Gasteiger partial charge in [-0.2, -0.15) is 0 Å². The van der Waals surface area contributed by atoms with Crippen LogP contribution in [0.4, 0.5) is 0 Å². The zero-order valence-electron chi connectivity index (χ0n) is 9.20. The van der Waals surface area contributed by atoms with Gasteiger partial charge in [-0.25, -0.2) is 0 Å². The number of rotatable bonds is 4. The van der Waals surface area contributed by atoms with Crippen molar-refractivity contribution in [2.24, 2.45) is 0 Å². The second kappa shape index (κ2) is 5.66. The average Bonchev–Trinajstić information content (AvgIpc) is 2.25. The molecule has 1 aromatic rings. The van der Waals surface area contributed by atoms with Gasteiger partial charge in [0.1, 0.15) is 12.2 Å². The van der Waals surface area contributed by atoms with E-state index in [2.05, 4.69) is 0 Å². The number of hydrogen-bond donors (Lipinski definition) is 0. The van der Waals surface area contributed by atoms with Crippen LogP contribution >= 0.6 is 11.6 Å². The van der Waals surface area contributed by atoms with Gasteiger partial charge in [-0.1, -0.05) is 29.8 Å². The highest BCUT2D eigenvalue weighted by Crippen LogP contribution is 2.27. The normalized spacial score (nSPS) is 11.9. The first-order valence-corrected chi connectivity index (χ1v) is 5.36. The van der Waals surface area contributed by atoms with E-state index >= 15 is 0 Å². The van der Waals surface area contributed by atoms with Crippen LogP contribution in [0.5, 0.6) is 0 Å². The van der Waals surface area contributed by atoms with Gasteiger partial charge in [0.25, 0.3) is 0 Å². The number of halogens is 1. The molecular weight excluding hydrogens is 228 g/mol. The van der Waals surface area contributed by atoms with Crippen molar-refractivity contribution < 1.29 is 14.3 Å². The molecule has 0 spiro atoms. The van der Waals surface area contributed by atoms with E-state index in [1.54, 1.807) is 19.1 Å². The summed E-state index contributed by atoms with van der Waals surface area (Å²) in [6.07, 6.45) is 0.554. The maximum Gasteiger partial charge on any atom is 0.320 e. The quantitative estimate of drug-likeness (QED) is 0.461. The molecule has 0 aliphatic carbocycles. The third-order valence-electron chi connectivity index (χ3n) is 2.23. The van der Waals surface area contributed by atoms with E-state index in [0.717, 1.165) is 5.56 Å². The Bertz CT molecular complexity index is 401. The van der Waals surface area contributed by atoms with Gasteiger partial charge in [-0.15, -0.1) is 0 Å². The van der Waals surface area contributed by atoms with Crippen LogP contribution in [0.1, 0.15) is 24.0 Å². The highest BCUT2D eigenvalue weighted by Gasteiger charge is 2.23. The van der Waals surface area contributed by atoms with Crippen molar-refractivity contribution in [2.45, 2.75) is 19.8 Å². The molecule has 0 aliphatic heterocycles. The number of aldehydes is 1. The summed E-state index contributed by atoms with van der Waals surface area (Å²) in [5.74, 6) is -1.50. The summed E-state index contributed by atoms with van der Waals surface area (Å²) in [6.45, 7) is 3.75. The summed E-state index contributed by atoms with van der Waals surface area (Å²) < 4.78 is 4.82. The van der Waals surface area contributed by atoms with E-state index < -0.39 is 11.9 Å². The average molecular weight is 241 g/mol.